The third-order valence-electron chi connectivity index (χ3n) is 5.67. The summed E-state index contributed by atoms with van der Waals surface area (Å²) in [5.41, 5.74) is 1.45. The number of halogens is 1. The number of hydrogen-bond donors (Lipinski definition) is 1. The summed E-state index contributed by atoms with van der Waals surface area (Å²) in [6, 6.07) is 10.4. The first-order valence-corrected chi connectivity index (χ1v) is 10.7. The minimum absolute atomic E-state index is 0.296. The number of likely N-dealkylation sites (tertiary alicyclic amines) is 1. The van der Waals surface area contributed by atoms with Crippen LogP contribution in [0.3, 0.4) is 0 Å². The summed E-state index contributed by atoms with van der Waals surface area (Å²) >= 11 is 0. The maximum atomic E-state index is 13.1. The van der Waals surface area contributed by atoms with Crippen molar-refractivity contribution in [2.24, 2.45) is 0 Å². The lowest BCUT2D eigenvalue weighted by Crippen LogP contribution is -2.35. The van der Waals surface area contributed by atoms with E-state index in [0.29, 0.717) is 23.3 Å². The Labute approximate surface area is 176 Å². The average Bonchev–Trinajstić information content (AvgIpc) is 3.09. The molecule has 7 heteroatoms. The minimum Gasteiger partial charge on any atom is -0.370 e. The van der Waals surface area contributed by atoms with Crippen LogP contribution in [-0.2, 0) is 0 Å². The molecule has 0 radical (unpaired) electrons. The van der Waals surface area contributed by atoms with Gasteiger partial charge in [-0.15, -0.1) is 0 Å². The Hall–Kier alpha value is -2.80. The van der Waals surface area contributed by atoms with Crippen LogP contribution in [0.1, 0.15) is 39.0 Å². The highest BCUT2D eigenvalue weighted by atomic mass is 19.1. The second-order valence-electron chi connectivity index (χ2n) is 7.88. The van der Waals surface area contributed by atoms with E-state index >= 15 is 0 Å². The predicted molar refractivity (Wildman–Crippen MR) is 116 cm³/mol. The Morgan fingerprint density at radius 2 is 1.77 bits per heavy atom. The van der Waals surface area contributed by atoms with Crippen LogP contribution in [-0.4, -0.2) is 45.7 Å². The van der Waals surface area contributed by atoms with Crippen LogP contribution in [0.15, 0.2) is 47.1 Å². The van der Waals surface area contributed by atoms with Gasteiger partial charge in [0.05, 0.1) is 5.56 Å². The number of nitrogens with one attached hydrogen (secondary N) is 1. The van der Waals surface area contributed by atoms with Crippen molar-refractivity contribution < 1.29 is 8.91 Å². The van der Waals surface area contributed by atoms with Gasteiger partial charge in [0.25, 0.3) is 5.89 Å². The highest BCUT2D eigenvalue weighted by Crippen LogP contribution is 2.22. The molecular formula is C23H28FN5O. The van der Waals surface area contributed by atoms with Crippen LogP contribution in [0.5, 0.6) is 0 Å². The van der Waals surface area contributed by atoms with Crippen molar-refractivity contribution >= 4 is 5.82 Å². The summed E-state index contributed by atoms with van der Waals surface area (Å²) in [7, 11) is 0. The molecule has 0 bridgehead atoms. The fourth-order valence-corrected chi connectivity index (χ4v) is 3.81. The molecule has 1 saturated heterocycles. The van der Waals surface area contributed by atoms with Crippen molar-refractivity contribution in [3.05, 3.63) is 48.4 Å². The highest BCUT2D eigenvalue weighted by Gasteiger charge is 2.15. The van der Waals surface area contributed by atoms with Crippen LogP contribution in [0, 0.1) is 5.82 Å². The van der Waals surface area contributed by atoms with Crippen LogP contribution < -0.4 is 5.32 Å². The molecule has 0 spiro atoms. The van der Waals surface area contributed by atoms with Gasteiger partial charge in [-0.2, -0.15) is 4.98 Å². The monoisotopic (exact) mass is 409 g/mol. The fraction of sp³-hybridized carbons (Fsp3) is 0.435. The Bertz CT molecular complexity index is 918. The third-order valence-corrected chi connectivity index (χ3v) is 5.67. The molecule has 0 unspecified atom stereocenters. The highest BCUT2D eigenvalue weighted by molar-refractivity contribution is 5.60. The summed E-state index contributed by atoms with van der Waals surface area (Å²) in [5, 5.41) is 7.38. The first-order chi connectivity index (χ1) is 14.7. The Kier molecular flexibility index (Phi) is 6.69. The Morgan fingerprint density at radius 3 is 2.47 bits per heavy atom. The van der Waals surface area contributed by atoms with Gasteiger partial charge in [0.1, 0.15) is 11.6 Å². The molecule has 1 fully saturated rings. The van der Waals surface area contributed by atoms with Crippen molar-refractivity contribution in [2.75, 3.05) is 25.0 Å². The van der Waals surface area contributed by atoms with Crippen LogP contribution in [0.2, 0.25) is 0 Å². The first-order valence-electron chi connectivity index (χ1n) is 10.7. The summed E-state index contributed by atoms with van der Waals surface area (Å²) in [4.78, 5) is 11.5. The van der Waals surface area contributed by atoms with E-state index in [-0.39, 0.29) is 5.82 Å². The molecule has 0 amide bonds. The largest absolute Gasteiger partial charge is 0.370 e. The molecule has 3 aromatic rings. The number of nitrogens with zero attached hydrogens (tertiary/aromatic N) is 4. The van der Waals surface area contributed by atoms with Gasteiger partial charge in [0, 0.05) is 24.3 Å². The van der Waals surface area contributed by atoms with Crippen molar-refractivity contribution in [1.29, 1.82) is 0 Å². The molecule has 4 rings (SSSR count). The lowest BCUT2D eigenvalue weighted by molar-refractivity contribution is 0.210. The van der Waals surface area contributed by atoms with Crippen molar-refractivity contribution in [1.82, 2.24) is 20.0 Å². The smallest absolute Gasteiger partial charge is 0.259 e. The number of hydrogen-bond acceptors (Lipinski definition) is 6. The topological polar surface area (TPSA) is 67.1 Å². The molecule has 1 atom stereocenters. The number of anilines is 1. The van der Waals surface area contributed by atoms with Crippen LogP contribution in [0.25, 0.3) is 22.8 Å². The van der Waals surface area contributed by atoms with E-state index in [9.17, 15) is 4.39 Å². The molecule has 1 aliphatic rings. The maximum absolute atomic E-state index is 13.1. The molecule has 2 aromatic heterocycles. The molecule has 1 aromatic carbocycles. The zero-order valence-corrected chi connectivity index (χ0v) is 17.4. The fourth-order valence-electron chi connectivity index (χ4n) is 3.81. The Morgan fingerprint density at radius 1 is 1.03 bits per heavy atom. The van der Waals surface area contributed by atoms with Crippen molar-refractivity contribution in [3.8, 4) is 22.8 Å². The van der Waals surface area contributed by atoms with Gasteiger partial charge >= 0.3 is 0 Å². The maximum Gasteiger partial charge on any atom is 0.259 e. The molecule has 1 N–H and O–H groups in total. The summed E-state index contributed by atoms with van der Waals surface area (Å²) < 4.78 is 18.4. The number of benzene rings is 1. The molecule has 6 nitrogen and oxygen atoms in total. The van der Waals surface area contributed by atoms with Crippen LogP contribution in [0.4, 0.5) is 10.2 Å². The molecule has 1 aliphatic heterocycles. The number of rotatable bonds is 7. The van der Waals surface area contributed by atoms with Gasteiger partial charge in [-0.25, -0.2) is 9.37 Å². The normalized spacial score (nSPS) is 16.2. The summed E-state index contributed by atoms with van der Waals surface area (Å²) in [6.07, 6.45) is 8.18. The number of aromatic nitrogens is 3. The lowest BCUT2D eigenvalue weighted by Gasteiger charge is -2.27. The Balaban J connectivity index is 1.30. The van der Waals surface area contributed by atoms with Gasteiger partial charge in [-0.05, 0) is 75.7 Å². The van der Waals surface area contributed by atoms with Gasteiger partial charge in [0.2, 0.25) is 5.82 Å². The minimum atomic E-state index is -0.296. The zero-order chi connectivity index (χ0) is 20.8. The van der Waals surface area contributed by atoms with E-state index in [4.69, 9.17) is 4.52 Å². The molecule has 30 heavy (non-hydrogen) atoms. The first kappa shape index (κ1) is 20.5. The quantitative estimate of drug-likeness (QED) is 0.592. The van der Waals surface area contributed by atoms with Crippen molar-refractivity contribution in [3.63, 3.8) is 0 Å². The van der Waals surface area contributed by atoms with E-state index in [1.165, 1.54) is 50.9 Å². The van der Waals surface area contributed by atoms with E-state index < -0.39 is 0 Å². The van der Waals surface area contributed by atoms with Gasteiger partial charge < -0.3 is 14.7 Å². The summed E-state index contributed by atoms with van der Waals surface area (Å²) in [6.45, 7) is 5.65. The van der Waals surface area contributed by atoms with Gasteiger partial charge in [0.15, 0.2) is 0 Å². The van der Waals surface area contributed by atoms with E-state index in [2.05, 4.69) is 32.3 Å². The predicted octanol–water partition coefficient (Wildman–Crippen LogP) is 5.00. The standard InChI is InChI=1S/C23H28FN5O/c1-17(29-14-4-2-3-5-15-29)12-13-25-21-11-8-19(16-26-21)23-27-22(28-30-23)18-6-9-20(24)10-7-18/h6-11,16-17H,2-5,12-15H2,1H3,(H,25,26)/t17-/m0/s1. The molecule has 0 aliphatic carbocycles. The molecular weight excluding hydrogens is 381 g/mol. The van der Waals surface area contributed by atoms with Gasteiger partial charge in [-0.1, -0.05) is 18.0 Å². The second-order valence-corrected chi connectivity index (χ2v) is 7.88. The van der Waals surface area contributed by atoms with E-state index in [0.717, 1.165) is 24.3 Å². The molecule has 158 valence electrons. The summed E-state index contributed by atoms with van der Waals surface area (Å²) in [5.74, 6) is 1.36. The second kappa shape index (κ2) is 9.80. The van der Waals surface area contributed by atoms with Crippen molar-refractivity contribution in [2.45, 2.75) is 45.1 Å². The third kappa shape index (κ3) is 5.21. The molecule has 0 saturated carbocycles. The number of pyridine rings is 1. The van der Waals surface area contributed by atoms with Gasteiger partial charge in [-0.3, -0.25) is 0 Å². The average molecular weight is 410 g/mol. The zero-order valence-electron chi connectivity index (χ0n) is 17.4. The van der Waals surface area contributed by atoms with E-state index in [1.54, 1.807) is 18.3 Å². The van der Waals surface area contributed by atoms with Crippen LogP contribution >= 0.6 is 0 Å². The molecule has 3 heterocycles. The lowest BCUT2D eigenvalue weighted by atomic mass is 10.2. The van der Waals surface area contributed by atoms with E-state index in [1.807, 2.05) is 12.1 Å². The SMILES string of the molecule is C[C@@H](CCNc1ccc(-c2nc(-c3ccc(F)cc3)no2)cn1)N1CCCCCC1.